The molecule has 1 saturated heterocycles. The van der Waals surface area contributed by atoms with Gasteiger partial charge in [0.25, 0.3) is 0 Å². The van der Waals surface area contributed by atoms with E-state index in [-0.39, 0.29) is 24.8 Å². The lowest BCUT2D eigenvalue weighted by Gasteiger charge is -2.27. The van der Waals surface area contributed by atoms with Crippen LogP contribution in [0.5, 0.6) is 0 Å². The van der Waals surface area contributed by atoms with Crippen LogP contribution in [-0.4, -0.2) is 36.1 Å². The SMILES string of the molecule is Cl.Cl.c1ccc(Cc2cnc(N3CCNCC3)nc2)cc1. The van der Waals surface area contributed by atoms with Crippen LogP contribution in [0.3, 0.4) is 0 Å². The smallest absolute Gasteiger partial charge is 0.225 e. The van der Waals surface area contributed by atoms with Crippen molar-refractivity contribution in [2.24, 2.45) is 0 Å². The molecule has 0 unspecified atom stereocenters. The maximum Gasteiger partial charge on any atom is 0.225 e. The highest BCUT2D eigenvalue weighted by Gasteiger charge is 2.12. The summed E-state index contributed by atoms with van der Waals surface area (Å²) in [5, 5.41) is 3.33. The van der Waals surface area contributed by atoms with Crippen molar-refractivity contribution in [2.45, 2.75) is 6.42 Å². The largest absolute Gasteiger partial charge is 0.338 e. The van der Waals surface area contributed by atoms with E-state index in [1.807, 2.05) is 18.5 Å². The molecule has 0 saturated carbocycles. The van der Waals surface area contributed by atoms with Gasteiger partial charge in [0.1, 0.15) is 0 Å². The molecule has 1 fully saturated rings. The lowest BCUT2D eigenvalue weighted by atomic mass is 10.1. The summed E-state index contributed by atoms with van der Waals surface area (Å²) in [7, 11) is 0. The van der Waals surface area contributed by atoms with E-state index < -0.39 is 0 Å². The van der Waals surface area contributed by atoms with Crippen molar-refractivity contribution in [1.82, 2.24) is 15.3 Å². The summed E-state index contributed by atoms with van der Waals surface area (Å²) in [6.07, 6.45) is 4.78. The molecule has 0 spiro atoms. The Morgan fingerprint density at radius 2 is 1.52 bits per heavy atom. The minimum atomic E-state index is 0. The molecule has 0 radical (unpaired) electrons. The molecule has 6 heteroatoms. The highest BCUT2D eigenvalue weighted by atomic mass is 35.5. The number of rotatable bonds is 3. The van der Waals surface area contributed by atoms with Crippen LogP contribution < -0.4 is 10.2 Å². The molecule has 2 aromatic rings. The van der Waals surface area contributed by atoms with Crippen molar-refractivity contribution in [3.63, 3.8) is 0 Å². The topological polar surface area (TPSA) is 41.1 Å². The van der Waals surface area contributed by atoms with Gasteiger partial charge in [-0.1, -0.05) is 30.3 Å². The van der Waals surface area contributed by atoms with Gasteiger partial charge in [0, 0.05) is 45.0 Å². The van der Waals surface area contributed by atoms with Crippen LogP contribution in [0.1, 0.15) is 11.1 Å². The summed E-state index contributed by atoms with van der Waals surface area (Å²) in [5.74, 6) is 0.846. The molecule has 0 atom stereocenters. The normalized spacial score (nSPS) is 14.0. The fourth-order valence-electron chi connectivity index (χ4n) is 2.30. The second kappa shape index (κ2) is 8.82. The number of nitrogens with zero attached hydrogens (tertiary/aromatic N) is 3. The van der Waals surface area contributed by atoms with Crippen molar-refractivity contribution < 1.29 is 0 Å². The molecule has 0 amide bonds. The average molecular weight is 327 g/mol. The number of hydrogen-bond donors (Lipinski definition) is 1. The molecule has 1 aliphatic rings. The average Bonchev–Trinajstić information content (AvgIpc) is 2.50. The van der Waals surface area contributed by atoms with E-state index in [4.69, 9.17) is 0 Å². The van der Waals surface area contributed by atoms with Gasteiger partial charge in [0.15, 0.2) is 0 Å². The van der Waals surface area contributed by atoms with Crippen LogP contribution in [0.25, 0.3) is 0 Å². The van der Waals surface area contributed by atoms with E-state index in [2.05, 4.69) is 44.5 Å². The molecular weight excluding hydrogens is 307 g/mol. The quantitative estimate of drug-likeness (QED) is 0.939. The predicted molar refractivity (Wildman–Crippen MR) is 90.9 cm³/mol. The molecule has 4 nitrogen and oxygen atoms in total. The summed E-state index contributed by atoms with van der Waals surface area (Å²) >= 11 is 0. The van der Waals surface area contributed by atoms with Gasteiger partial charge in [-0.25, -0.2) is 9.97 Å². The van der Waals surface area contributed by atoms with Crippen molar-refractivity contribution in [3.05, 3.63) is 53.9 Å². The fourth-order valence-corrected chi connectivity index (χ4v) is 2.30. The van der Waals surface area contributed by atoms with E-state index in [0.717, 1.165) is 44.1 Å². The van der Waals surface area contributed by atoms with Crippen LogP contribution in [0.2, 0.25) is 0 Å². The molecule has 2 heterocycles. The van der Waals surface area contributed by atoms with Gasteiger partial charge < -0.3 is 10.2 Å². The van der Waals surface area contributed by atoms with Crippen molar-refractivity contribution in [1.29, 1.82) is 0 Å². The maximum absolute atomic E-state index is 4.49. The lowest BCUT2D eigenvalue weighted by Crippen LogP contribution is -2.44. The first-order valence-corrected chi connectivity index (χ1v) is 6.72. The number of halogens is 2. The van der Waals surface area contributed by atoms with Crippen LogP contribution in [0.4, 0.5) is 5.95 Å². The highest BCUT2D eigenvalue weighted by molar-refractivity contribution is 5.85. The second-order valence-corrected chi connectivity index (χ2v) is 4.79. The van der Waals surface area contributed by atoms with Gasteiger partial charge >= 0.3 is 0 Å². The first kappa shape index (κ1) is 17.7. The third kappa shape index (κ3) is 4.84. The van der Waals surface area contributed by atoms with Crippen molar-refractivity contribution in [3.8, 4) is 0 Å². The zero-order chi connectivity index (χ0) is 12.9. The van der Waals surface area contributed by atoms with Crippen molar-refractivity contribution in [2.75, 3.05) is 31.1 Å². The van der Waals surface area contributed by atoms with Gasteiger partial charge in [-0.2, -0.15) is 0 Å². The third-order valence-electron chi connectivity index (χ3n) is 3.34. The molecule has 0 bridgehead atoms. The summed E-state index contributed by atoms with van der Waals surface area (Å²) in [5.41, 5.74) is 2.45. The molecule has 0 aliphatic carbocycles. The molecule has 21 heavy (non-hydrogen) atoms. The Bertz CT molecular complexity index is 513. The zero-order valence-corrected chi connectivity index (χ0v) is 13.4. The number of aromatic nitrogens is 2. The summed E-state index contributed by atoms with van der Waals surface area (Å²) < 4.78 is 0. The number of hydrogen-bond acceptors (Lipinski definition) is 4. The molecule has 1 aromatic heterocycles. The number of benzene rings is 1. The predicted octanol–water partition coefficient (Wildman–Crippen LogP) is 2.32. The summed E-state index contributed by atoms with van der Waals surface area (Å²) in [6, 6.07) is 10.4. The fraction of sp³-hybridized carbons (Fsp3) is 0.333. The molecule has 3 rings (SSSR count). The molecule has 1 aliphatic heterocycles. The van der Waals surface area contributed by atoms with Gasteiger partial charge in [0.2, 0.25) is 5.95 Å². The minimum Gasteiger partial charge on any atom is -0.338 e. The third-order valence-corrected chi connectivity index (χ3v) is 3.34. The first-order valence-electron chi connectivity index (χ1n) is 6.72. The van der Waals surface area contributed by atoms with Gasteiger partial charge in [-0.05, 0) is 11.1 Å². The Morgan fingerprint density at radius 3 is 2.14 bits per heavy atom. The monoisotopic (exact) mass is 326 g/mol. The Kier molecular flexibility index (Phi) is 7.43. The number of piperazine rings is 1. The van der Waals surface area contributed by atoms with E-state index in [1.54, 1.807) is 0 Å². The Morgan fingerprint density at radius 1 is 0.905 bits per heavy atom. The van der Waals surface area contributed by atoms with Crippen molar-refractivity contribution >= 4 is 30.8 Å². The van der Waals surface area contributed by atoms with Gasteiger partial charge in [-0.15, -0.1) is 24.8 Å². The van der Waals surface area contributed by atoms with E-state index in [0.29, 0.717) is 0 Å². The van der Waals surface area contributed by atoms with E-state index in [9.17, 15) is 0 Å². The molecule has 1 N–H and O–H groups in total. The van der Waals surface area contributed by atoms with E-state index >= 15 is 0 Å². The van der Waals surface area contributed by atoms with E-state index in [1.165, 1.54) is 5.56 Å². The van der Waals surface area contributed by atoms with Crippen LogP contribution in [-0.2, 0) is 6.42 Å². The Labute approximate surface area is 137 Å². The Hall–Kier alpha value is -1.36. The second-order valence-electron chi connectivity index (χ2n) is 4.79. The number of anilines is 1. The summed E-state index contributed by atoms with van der Waals surface area (Å²) in [6.45, 7) is 3.99. The highest BCUT2D eigenvalue weighted by Crippen LogP contribution is 2.11. The summed E-state index contributed by atoms with van der Waals surface area (Å²) in [4.78, 5) is 11.2. The van der Waals surface area contributed by atoms with Crippen LogP contribution in [0.15, 0.2) is 42.7 Å². The molecular formula is C15H20Cl2N4. The first-order chi connectivity index (χ1) is 9.42. The lowest BCUT2D eigenvalue weighted by molar-refractivity contribution is 0.579. The zero-order valence-electron chi connectivity index (χ0n) is 11.7. The minimum absolute atomic E-state index is 0. The molecule has 1 aromatic carbocycles. The van der Waals surface area contributed by atoms with Gasteiger partial charge in [0.05, 0.1) is 0 Å². The van der Waals surface area contributed by atoms with Gasteiger partial charge in [-0.3, -0.25) is 0 Å². The Balaban J connectivity index is 0.00000110. The number of nitrogens with one attached hydrogen (secondary N) is 1. The van der Waals surface area contributed by atoms with Crippen LogP contribution >= 0.6 is 24.8 Å². The maximum atomic E-state index is 4.49. The van der Waals surface area contributed by atoms with Crippen LogP contribution in [0, 0.1) is 0 Å². The molecule has 114 valence electrons. The standard InChI is InChI=1S/C15H18N4.2ClH/c1-2-4-13(5-3-1)10-14-11-17-15(18-12-14)19-8-6-16-7-9-19;;/h1-5,11-12,16H,6-10H2;2*1H.